The van der Waals surface area contributed by atoms with Crippen LogP contribution in [0.15, 0.2) is 83.7 Å². The summed E-state index contributed by atoms with van der Waals surface area (Å²) in [5, 5.41) is 0.673. The van der Waals surface area contributed by atoms with E-state index in [0.717, 1.165) is 4.90 Å². The standard InChI is InChI=1S/C35H36N4O7/c1-22(30(36)40)39(34(44)46-35(2,3)4)21-24-19-23-15-16-26(45-25-11-6-5-7-12-25)20-29(23)37(31(24)41)17-10-18-38-32(42)27-13-8-9-14-28(27)33(38)43/h5-9,11-16,19-20,22H,10,17-18,21H2,1-4H3,(H2,36,40). The third-order valence-corrected chi connectivity index (χ3v) is 7.61. The van der Waals surface area contributed by atoms with Gasteiger partial charge in [0.2, 0.25) is 5.91 Å². The molecule has 11 nitrogen and oxygen atoms in total. The van der Waals surface area contributed by atoms with Crippen LogP contribution in [0.2, 0.25) is 0 Å². The van der Waals surface area contributed by atoms with Gasteiger partial charge in [0.1, 0.15) is 23.1 Å². The number of hydrogen-bond donors (Lipinski definition) is 1. The zero-order valence-electron chi connectivity index (χ0n) is 26.2. The molecule has 1 aliphatic rings. The van der Waals surface area contributed by atoms with Gasteiger partial charge in [-0.1, -0.05) is 30.3 Å². The predicted molar refractivity (Wildman–Crippen MR) is 172 cm³/mol. The molecule has 3 aromatic carbocycles. The third-order valence-electron chi connectivity index (χ3n) is 7.61. The molecular formula is C35H36N4O7. The first-order valence-corrected chi connectivity index (χ1v) is 15.0. The minimum atomic E-state index is -1.06. The van der Waals surface area contributed by atoms with E-state index >= 15 is 0 Å². The van der Waals surface area contributed by atoms with Crippen LogP contribution in [0.3, 0.4) is 0 Å². The van der Waals surface area contributed by atoms with Crippen molar-refractivity contribution in [3.05, 3.63) is 106 Å². The van der Waals surface area contributed by atoms with Gasteiger partial charge >= 0.3 is 6.09 Å². The number of para-hydroxylation sites is 1. The van der Waals surface area contributed by atoms with Gasteiger partial charge in [-0.15, -0.1) is 0 Å². The van der Waals surface area contributed by atoms with Gasteiger partial charge < -0.3 is 19.8 Å². The SMILES string of the molecule is CC(C(N)=O)N(Cc1cc2ccc(Oc3ccccc3)cc2n(CCCN2C(=O)c3ccccc3C2=O)c1=O)C(=O)OC(C)(C)C. The van der Waals surface area contributed by atoms with Gasteiger partial charge in [0.25, 0.3) is 17.4 Å². The quantitative estimate of drug-likeness (QED) is 0.242. The fourth-order valence-electron chi connectivity index (χ4n) is 5.28. The number of aryl methyl sites for hydroxylation is 1. The topological polar surface area (TPSA) is 141 Å². The molecule has 0 radical (unpaired) electrons. The maximum atomic E-state index is 14.1. The highest BCUT2D eigenvalue weighted by atomic mass is 16.6. The summed E-state index contributed by atoms with van der Waals surface area (Å²) in [4.78, 5) is 67.6. The molecule has 2 heterocycles. The first-order chi connectivity index (χ1) is 21.8. The van der Waals surface area contributed by atoms with E-state index in [2.05, 4.69) is 0 Å². The van der Waals surface area contributed by atoms with Crippen molar-refractivity contribution in [3.63, 3.8) is 0 Å². The lowest BCUT2D eigenvalue weighted by Gasteiger charge is -2.30. The van der Waals surface area contributed by atoms with Gasteiger partial charge in [0.05, 0.1) is 23.2 Å². The maximum absolute atomic E-state index is 14.1. The van der Waals surface area contributed by atoms with E-state index in [0.29, 0.717) is 33.5 Å². The number of carbonyl (C=O) groups excluding carboxylic acids is 4. The zero-order chi connectivity index (χ0) is 33.2. The molecule has 0 spiro atoms. The molecule has 11 heteroatoms. The number of benzene rings is 3. The number of pyridine rings is 1. The first-order valence-electron chi connectivity index (χ1n) is 15.0. The van der Waals surface area contributed by atoms with Gasteiger partial charge in [0, 0.05) is 24.7 Å². The number of nitrogens with two attached hydrogens (primary N) is 1. The number of fused-ring (bicyclic) bond motifs is 2. The molecule has 0 aliphatic carbocycles. The van der Waals surface area contributed by atoms with Crippen LogP contribution in [0.4, 0.5) is 4.79 Å². The van der Waals surface area contributed by atoms with E-state index in [4.69, 9.17) is 15.2 Å². The lowest BCUT2D eigenvalue weighted by atomic mass is 10.1. The Morgan fingerprint density at radius 1 is 0.848 bits per heavy atom. The van der Waals surface area contributed by atoms with Crippen molar-refractivity contribution >= 4 is 34.7 Å². The molecule has 1 aliphatic heterocycles. The molecule has 5 rings (SSSR count). The Balaban J connectivity index is 1.50. The Labute approximate surface area is 266 Å². The predicted octanol–water partition coefficient (Wildman–Crippen LogP) is 5.09. The molecule has 0 bridgehead atoms. The van der Waals surface area contributed by atoms with E-state index in [1.165, 1.54) is 16.4 Å². The van der Waals surface area contributed by atoms with Crippen molar-refractivity contribution < 1.29 is 28.7 Å². The average Bonchev–Trinajstić information content (AvgIpc) is 3.25. The van der Waals surface area contributed by atoms with E-state index < -0.39 is 29.2 Å². The first kappa shape index (κ1) is 32.0. The van der Waals surface area contributed by atoms with Gasteiger partial charge in [-0.2, -0.15) is 0 Å². The summed E-state index contributed by atoms with van der Waals surface area (Å²) < 4.78 is 13.1. The van der Waals surface area contributed by atoms with Crippen LogP contribution >= 0.6 is 0 Å². The Morgan fingerprint density at radius 2 is 1.48 bits per heavy atom. The Hall–Kier alpha value is -5.45. The summed E-state index contributed by atoms with van der Waals surface area (Å²) in [6.45, 7) is 6.56. The second-order valence-electron chi connectivity index (χ2n) is 12.1. The van der Waals surface area contributed by atoms with Crippen LogP contribution in [-0.2, 0) is 22.6 Å². The molecule has 1 aromatic heterocycles. The highest BCUT2D eigenvalue weighted by molar-refractivity contribution is 6.21. The van der Waals surface area contributed by atoms with E-state index in [1.807, 2.05) is 30.3 Å². The second kappa shape index (κ2) is 12.9. The molecule has 46 heavy (non-hydrogen) atoms. The highest BCUT2D eigenvalue weighted by Crippen LogP contribution is 2.27. The van der Waals surface area contributed by atoms with Crippen molar-refractivity contribution in [1.82, 2.24) is 14.4 Å². The maximum Gasteiger partial charge on any atom is 0.411 e. The summed E-state index contributed by atoms with van der Waals surface area (Å²) in [6.07, 6.45) is -0.511. The van der Waals surface area contributed by atoms with Crippen molar-refractivity contribution in [3.8, 4) is 11.5 Å². The van der Waals surface area contributed by atoms with Gasteiger partial charge in [-0.25, -0.2) is 4.79 Å². The number of rotatable bonds is 10. The third kappa shape index (κ3) is 6.78. The minimum absolute atomic E-state index is 0.0907. The van der Waals surface area contributed by atoms with E-state index in [1.54, 1.807) is 69.3 Å². The van der Waals surface area contributed by atoms with Crippen molar-refractivity contribution in [2.24, 2.45) is 5.73 Å². The number of nitrogens with zero attached hydrogens (tertiary/aromatic N) is 3. The van der Waals surface area contributed by atoms with Crippen LogP contribution in [0.1, 0.15) is 60.4 Å². The Kier molecular flexibility index (Phi) is 8.95. The smallest absolute Gasteiger partial charge is 0.411 e. The number of carbonyl (C=O) groups is 4. The summed E-state index contributed by atoms with van der Waals surface area (Å²) in [5.74, 6) is -0.392. The Bertz CT molecular complexity index is 1840. The van der Waals surface area contributed by atoms with Gasteiger partial charge in [-0.05, 0) is 82.0 Å². The van der Waals surface area contributed by atoms with Crippen molar-refractivity contribution in [1.29, 1.82) is 0 Å². The van der Waals surface area contributed by atoms with E-state index in [-0.39, 0.29) is 43.4 Å². The number of aromatic nitrogens is 1. The molecular weight excluding hydrogens is 588 g/mol. The van der Waals surface area contributed by atoms with Crippen molar-refractivity contribution in [2.45, 2.75) is 58.8 Å². The lowest BCUT2D eigenvalue weighted by molar-refractivity contribution is -0.122. The van der Waals surface area contributed by atoms with Crippen LogP contribution in [-0.4, -0.2) is 56.4 Å². The largest absolute Gasteiger partial charge is 0.457 e. The number of amides is 4. The number of primary amides is 1. The van der Waals surface area contributed by atoms with Crippen molar-refractivity contribution in [2.75, 3.05) is 6.54 Å². The highest BCUT2D eigenvalue weighted by Gasteiger charge is 2.35. The van der Waals surface area contributed by atoms with Crippen LogP contribution in [0.25, 0.3) is 10.9 Å². The fraction of sp³-hybridized carbons (Fsp3) is 0.286. The van der Waals surface area contributed by atoms with Crippen LogP contribution < -0.4 is 16.0 Å². The molecule has 0 saturated carbocycles. The van der Waals surface area contributed by atoms with Crippen LogP contribution in [0.5, 0.6) is 11.5 Å². The monoisotopic (exact) mass is 624 g/mol. The number of ether oxygens (including phenoxy) is 2. The molecule has 4 amide bonds. The average molecular weight is 625 g/mol. The van der Waals surface area contributed by atoms with Crippen LogP contribution in [0, 0.1) is 0 Å². The minimum Gasteiger partial charge on any atom is -0.457 e. The van der Waals surface area contributed by atoms with Gasteiger partial charge in [0.15, 0.2) is 0 Å². The summed E-state index contributed by atoms with van der Waals surface area (Å²) in [7, 11) is 0. The summed E-state index contributed by atoms with van der Waals surface area (Å²) >= 11 is 0. The molecule has 4 aromatic rings. The van der Waals surface area contributed by atoms with E-state index in [9.17, 15) is 24.0 Å². The molecule has 0 saturated heterocycles. The second-order valence-corrected chi connectivity index (χ2v) is 12.1. The number of imide groups is 1. The number of hydrogen-bond acceptors (Lipinski definition) is 7. The fourth-order valence-corrected chi connectivity index (χ4v) is 5.28. The summed E-state index contributed by atoms with van der Waals surface area (Å²) in [6, 6.07) is 21.8. The summed E-state index contributed by atoms with van der Waals surface area (Å²) in [5.41, 5.74) is 5.78. The molecule has 2 N–H and O–H groups in total. The zero-order valence-corrected chi connectivity index (χ0v) is 26.2. The normalized spacial score (nSPS) is 13.4. The molecule has 0 fully saturated rings. The molecule has 238 valence electrons. The molecule has 1 unspecified atom stereocenters. The molecule has 1 atom stereocenters. The lowest BCUT2D eigenvalue weighted by Crippen LogP contribution is -2.48. The van der Waals surface area contributed by atoms with Gasteiger partial charge in [-0.3, -0.25) is 29.0 Å². The Morgan fingerprint density at radius 3 is 2.09 bits per heavy atom.